The average molecular weight is 362 g/mol. The molecule has 1 saturated heterocycles. The minimum Gasteiger partial charge on any atom is -0.484 e. The first kappa shape index (κ1) is 17.4. The molecule has 6 nitrogen and oxygen atoms in total. The van der Waals surface area contributed by atoms with Crippen molar-refractivity contribution in [1.29, 1.82) is 0 Å². The van der Waals surface area contributed by atoms with Crippen LogP contribution in [0.25, 0.3) is 0 Å². The minimum atomic E-state index is -0.0779. The van der Waals surface area contributed by atoms with Crippen molar-refractivity contribution in [2.75, 3.05) is 32.8 Å². The van der Waals surface area contributed by atoms with E-state index in [0.29, 0.717) is 42.5 Å². The third-order valence-electron chi connectivity index (χ3n) is 4.16. The van der Waals surface area contributed by atoms with Crippen molar-refractivity contribution in [3.8, 4) is 5.75 Å². The molecule has 0 unspecified atom stereocenters. The number of amides is 2. The first-order chi connectivity index (χ1) is 12.1. The van der Waals surface area contributed by atoms with Crippen LogP contribution in [0.3, 0.4) is 0 Å². The topological polar surface area (TPSA) is 65.6 Å². The highest BCUT2D eigenvalue weighted by atomic mass is 35.5. The molecular weight excluding hydrogens is 342 g/mol. The zero-order chi connectivity index (χ0) is 17.6. The van der Waals surface area contributed by atoms with E-state index in [1.54, 1.807) is 52.5 Å². The Balaban J connectivity index is 1.51. The third-order valence-corrected chi connectivity index (χ3v) is 4.41. The van der Waals surface area contributed by atoms with E-state index in [9.17, 15) is 9.59 Å². The van der Waals surface area contributed by atoms with Crippen molar-refractivity contribution in [2.24, 2.45) is 0 Å². The Hall–Kier alpha value is -2.47. The molecule has 0 aliphatic carbocycles. The summed E-state index contributed by atoms with van der Waals surface area (Å²) in [4.78, 5) is 31.2. The molecule has 0 spiro atoms. The summed E-state index contributed by atoms with van der Waals surface area (Å²) in [5.74, 6) is 0.524. The molecule has 0 radical (unpaired) electrons. The number of carbonyl (C=O) groups is 2. The first-order valence-corrected chi connectivity index (χ1v) is 8.59. The Bertz CT molecular complexity index is 716. The van der Waals surface area contributed by atoms with Gasteiger partial charge < -0.3 is 19.5 Å². The Kier molecular flexibility index (Phi) is 5.60. The molecule has 0 saturated carbocycles. The second-order valence-electron chi connectivity index (χ2n) is 5.87. The highest BCUT2D eigenvalue weighted by Crippen LogP contribution is 2.16. The number of nitrogens with one attached hydrogen (secondary N) is 1. The fourth-order valence-corrected chi connectivity index (χ4v) is 2.90. The van der Waals surface area contributed by atoms with Gasteiger partial charge in [-0.25, -0.2) is 0 Å². The van der Waals surface area contributed by atoms with Gasteiger partial charge in [0.2, 0.25) is 0 Å². The van der Waals surface area contributed by atoms with Gasteiger partial charge in [0.05, 0.1) is 5.56 Å². The first-order valence-electron chi connectivity index (χ1n) is 8.22. The van der Waals surface area contributed by atoms with Crippen molar-refractivity contribution in [3.63, 3.8) is 0 Å². The van der Waals surface area contributed by atoms with E-state index < -0.39 is 0 Å². The van der Waals surface area contributed by atoms with Crippen molar-refractivity contribution >= 4 is 23.4 Å². The molecule has 2 amide bonds. The maximum atomic E-state index is 12.4. The standard InChI is InChI=1S/C18H20ClN3O3/c19-15-2-4-16(5-3-15)25-13-17(23)21-8-1-9-22(11-10-21)18(24)14-6-7-20-12-14/h2-7,12,20H,1,8-11,13H2. The van der Waals surface area contributed by atoms with Crippen LogP contribution in [0.4, 0.5) is 0 Å². The molecule has 1 N–H and O–H groups in total. The van der Waals surface area contributed by atoms with Crippen LogP contribution < -0.4 is 4.74 Å². The van der Waals surface area contributed by atoms with E-state index >= 15 is 0 Å². The second kappa shape index (κ2) is 8.07. The molecule has 2 heterocycles. The molecule has 132 valence electrons. The molecule has 0 bridgehead atoms. The van der Waals surface area contributed by atoms with Crippen LogP contribution in [0.2, 0.25) is 5.02 Å². The summed E-state index contributed by atoms with van der Waals surface area (Å²) in [5, 5.41) is 0.623. The van der Waals surface area contributed by atoms with E-state index in [4.69, 9.17) is 16.3 Å². The Labute approximate surface area is 151 Å². The van der Waals surface area contributed by atoms with Crippen LogP contribution in [0.5, 0.6) is 5.75 Å². The van der Waals surface area contributed by atoms with Gasteiger partial charge >= 0.3 is 0 Å². The lowest BCUT2D eigenvalue weighted by molar-refractivity contribution is -0.133. The highest BCUT2D eigenvalue weighted by molar-refractivity contribution is 6.30. The zero-order valence-electron chi connectivity index (χ0n) is 13.8. The molecule has 0 atom stereocenters. The summed E-state index contributed by atoms with van der Waals surface area (Å²) in [6.45, 7) is 2.29. The van der Waals surface area contributed by atoms with Crippen molar-refractivity contribution in [2.45, 2.75) is 6.42 Å². The molecule has 1 aromatic heterocycles. The van der Waals surface area contributed by atoms with Crippen molar-refractivity contribution in [3.05, 3.63) is 53.3 Å². The molecular formula is C18H20ClN3O3. The van der Waals surface area contributed by atoms with Crippen molar-refractivity contribution in [1.82, 2.24) is 14.8 Å². The summed E-state index contributed by atoms with van der Waals surface area (Å²) in [6.07, 6.45) is 4.17. The number of aromatic amines is 1. The summed E-state index contributed by atoms with van der Waals surface area (Å²) < 4.78 is 5.52. The van der Waals surface area contributed by atoms with Gasteiger partial charge in [-0.1, -0.05) is 11.6 Å². The molecule has 7 heteroatoms. The zero-order valence-corrected chi connectivity index (χ0v) is 14.5. The van der Waals surface area contributed by atoms with E-state index in [-0.39, 0.29) is 18.4 Å². The van der Waals surface area contributed by atoms with Crippen LogP contribution in [0.15, 0.2) is 42.7 Å². The number of halogens is 1. The number of rotatable bonds is 4. The third kappa shape index (κ3) is 4.54. The van der Waals surface area contributed by atoms with Crippen LogP contribution in [0.1, 0.15) is 16.8 Å². The number of aromatic nitrogens is 1. The predicted molar refractivity (Wildman–Crippen MR) is 94.8 cm³/mol. The average Bonchev–Trinajstić information content (AvgIpc) is 3.05. The van der Waals surface area contributed by atoms with Crippen LogP contribution >= 0.6 is 11.6 Å². The number of ether oxygens (including phenoxy) is 1. The number of benzene rings is 1. The van der Waals surface area contributed by atoms with E-state index in [1.807, 2.05) is 0 Å². The van der Waals surface area contributed by atoms with Gasteiger partial charge in [0, 0.05) is 43.6 Å². The number of hydrogen-bond acceptors (Lipinski definition) is 3. The quantitative estimate of drug-likeness (QED) is 0.909. The molecule has 1 fully saturated rings. The van der Waals surface area contributed by atoms with Crippen molar-refractivity contribution < 1.29 is 14.3 Å². The maximum Gasteiger partial charge on any atom is 0.260 e. The van der Waals surface area contributed by atoms with Crippen LogP contribution in [0, 0.1) is 0 Å². The summed E-state index contributed by atoms with van der Waals surface area (Å²) >= 11 is 5.83. The van der Waals surface area contributed by atoms with Gasteiger partial charge in [-0.15, -0.1) is 0 Å². The molecule has 25 heavy (non-hydrogen) atoms. The van der Waals surface area contributed by atoms with Gasteiger partial charge in [-0.3, -0.25) is 9.59 Å². The van der Waals surface area contributed by atoms with Gasteiger partial charge in [0.15, 0.2) is 6.61 Å². The lowest BCUT2D eigenvalue weighted by Crippen LogP contribution is -2.39. The highest BCUT2D eigenvalue weighted by Gasteiger charge is 2.23. The fourth-order valence-electron chi connectivity index (χ4n) is 2.78. The van der Waals surface area contributed by atoms with E-state index in [1.165, 1.54) is 0 Å². The summed E-state index contributed by atoms with van der Waals surface area (Å²) in [7, 11) is 0. The number of nitrogens with zero attached hydrogens (tertiary/aromatic N) is 2. The lowest BCUT2D eigenvalue weighted by Gasteiger charge is -2.22. The monoisotopic (exact) mass is 361 g/mol. The largest absolute Gasteiger partial charge is 0.484 e. The van der Waals surface area contributed by atoms with E-state index in [2.05, 4.69) is 4.98 Å². The van der Waals surface area contributed by atoms with E-state index in [0.717, 1.165) is 6.42 Å². The van der Waals surface area contributed by atoms with Gasteiger partial charge in [-0.05, 0) is 36.8 Å². The molecule has 2 aromatic rings. The second-order valence-corrected chi connectivity index (χ2v) is 6.31. The van der Waals surface area contributed by atoms with Gasteiger partial charge in [0.25, 0.3) is 11.8 Å². The van der Waals surface area contributed by atoms with Gasteiger partial charge in [0.1, 0.15) is 5.75 Å². The Morgan fingerprint density at radius 2 is 1.76 bits per heavy atom. The fraction of sp³-hybridized carbons (Fsp3) is 0.333. The summed E-state index contributed by atoms with van der Waals surface area (Å²) in [5.41, 5.74) is 0.644. The normalized spacial score (nSPS) is 14.9. The lowest BCUT2D eigenvalue weighted by atomic mass is 10.3. The van der Waals surface area contributed by atoms with Gasteiger partial charge in [-0.2, -0.15) is 0 Å². The predicted octanol–water partition coefficient (Wildman–Crippen LogP) is 2.42. The Morgan fingerprint density at radius 3 is 2.48 bits per heavy atom. The molecule has 1 aliphatic rings. The minimum absolute atomic E-state index is 0.00652. The number of carbonyl (C=O) groups excluding carboxylic acids is 2. The van der Waals surface area contributed by atoms with Crippen LogP contribution in [-0.2, 0) is 4.79 Å². The Morgan fingerprint density at radius 1 is 1.04 bits per heavy atom. The smallest absolute Gasteiger partial charge is 0.260 e. The molecule has 1 aliphatic heterocycles. The maximum absolute atomic E-state index is 12.4. The van der Waals surface area contributed by atoms with Crippen LogP contribution in [-0.4, -0.2) is 59.4 Å². The number of hydrogen-bond donors (Lipinski definition) is 1. The molecule has 1 aromatic carbocycles. The molecule has 3 rings (SSSR count). The number of H-pyrrole nitrogens is 1. The SMILES string of the molecule is O=C(COc1ccc(Cl)cc1)N1CCCN(C(=O)c2cc[nH]c2)CC1. The summed E-state index contributed by atoms with van der Waals surface area (Å²) in [6, 6.07) is 8.66.